The van der Waals surface area contributed by atoms with Gasteiger partial charge in [-0.15, -0.1) is 0 Å². The number of carbonyl (C=O) groups excluding carboxylic acids is 1. The van der Waals surface area contributed by atoms with E-state index in [0.717, 1.165) is 15.6 Å². The highest BCUT2D eigenvalue weighted by molar-refractivity contribution is 9.10. The molecular formula is C18H17BrN4O3S. The number of amides is 1. The first-order valence-corrected chi connectivity index (χ1v) is 11.1. The number of carbonyl (C=O) groups is 1. The van der Waals surface area contributed by atoms with Gasteiger partial charge in [0.25, 0.3) is 5.91 Å². The van der Waals surface area contributed by atoms with Crippen LogP contribution in [0.5, 0.6) is 0 Å². The van der Waals surface area contributed by atoms with Crippen LogP contribution in [0.2, 0.25) is 0 Å². The van der Waals surface area contributed by atoms with Crippen LogP contribution in [0.25, 0.3) is 5.65 Å². The van der Waals surface area contributed by atoms with Crippen molar-refractivity contribution in [3.63, 3.8) is 0 Å². The van der Waals surface area contributed by atoms with E-state index < -0.39 is 9.84 Å². The molecule has 3 aromatic rings. The molecule has 27 heavy (non-hydrogen) atoms. The third-order valence-corrected chi connectivity index (χ3v) is 6.44. The fourth-order valence-electron chi connectivity index (χ4n) is 3.57. The molecule has 1 amide bonds. The molecule has 9 heteroatoms. The van der Waals surface area contributed by atoms with Gasteiger partial charge in [-0.2, -0.15) is 5.10 Å². The van der Waals surface area contributed by atoms with Gasteiger partial charge in [-0.3, -0.25) is 4.79 Å². The Morgan fingerprint density at radius 1 is 1.33 bits per heavy atom. The predicted octanol–water partition coefficient (Wildman–Crippen LogP) is 2.65. The molecule has 4 rings (SSSR count). The Bertz CT molecular complexity index is 1170. The summed E-state index contributed by atoms with van der Waals surface area (Å²) < 4.78 is 26.5. The average Bonchev–Trinajstić information content (AvgIpc) is 3.03. The Kier molecular flexibility index (Phi) is 4.31. The zero-order chi connectivity index (χ0) is 19.3. The number of halogens is 1. The van der Waals surface area contributed by atoms with Gasteiger partial charge >= 0.3 is 0 Å². The van der Waals surface area contributed by atoms with Crippen molar-refractivity contribution in [2.24, 2.45) is 0 Å². The van der Waals surface area contributed by atoms with Gasteiger partial charge in [-0.1, -0.05) is 12.1 Å². The molecular weight excluding hydrogens is 432 g/mol. The molecule has 0 radical (unpaired) electrons. The van der Waals surface area contributed by atoms with Crippen molar-refractivity contribution >= 4 is 37.3 Å². The van der Waals surface area contributed by atoms with E-state index in [1.54, 1.807) is 40.0 Å². The van der Waals surface area contributed by atoms with Crippen LogP contribution in [-0.2, 0) is 16.3 Å². The van der Waals surface area contributed by atoms with Crippen molar-refractivity contribution in [3.05, 3.63) is 58.0 Å². The molecule has 0 saturated carbocycles. The Morgan fingerprint density at radius 2 is 2.11 bits per heavy atom. The Balaban J connectivity index is 1.71. The summed E-state index contributed by atoms with van der Waals surface area (Å²) in [4.78, 5) is 19.4. The molecule has 140 valence electrons. The first kappa shape index (κ1) is 18.1. The number of hydrogen-bond acceptors (Lipinski definition) is 5. The number of nitrogens with zero attached hydrogens (tertiary/aromatic N) is 4. The highest BCUT2D eigenvalue weighted by Gasteiger charge is 2.32. The second-order valence-corrected chi connectivity index (χ2v) is 9.52. The molecule has 2 aromatic heterocycles. The van der Waals surface area contributed by atoms with Crippen molar-refractivity contribution < 1.29 is 13.2 Å². The molecule has 0 saturated heterocycles. The number of sulfone groups is 1. The van der Waals surface area contributed by atoms with Crippen LogP contribution in [0.15, 0.2) is 46.0 Å². The van der Waals surface area contributed by atoms with Crippen LogP contribution in [0.4, 0.5) is 0 Å². The summed E-state index contributed by atoms with van der Waals surface area (Å²) in [6.07, 6.45) is 5.10. The molecule has 3 heterocycles. The number of benzene rings is 1. The van der Waals surface area contributed by atoms with Crippen molar-refractivity contribution in [1.29, 1.82) is 0 Å². The predicted molar refractivity (Wildman–Crippen MR) is 103 cm³/mol. The number of hydrogen-bond donors (Lipinski definition) is 0. The van der Waals surface area contributed by atoms with Crippen molar-refractivity contribution in [2.75, 3.05) is 12.8 Å². The lowest BCUT2D eigenvalue weighted by atomic mass is 9.93. The Labute approximate surface area is 165 Å². The molecule has 1 aliphatic heterocycles. The van der Waals surface area contributed by atoms with E-state index in [9.17, 15) is 13.2 Å². The molecule has 0 spiro atoms. The fraction of sp³-hybridized carbons (Fsp3) is 0.278. The summed E-state index contributed by atoms with van der Waals surface area (Å²) >= 11 is 3.34. The second kappa shape index (κ2) is 6.42. The number of rotatable bonds is 2. The molecule has 0 bridgehead atoms. The Hall–Kier alpha value is -2.26. The summed E-state index contributed by atoms with van der Waals surface area (Å²) in [6.45, 7) is 2.34. The highest BCUT2D eigenvalue weighted by Crippen LogP contribution is 2.34. The van der Waals surface area contributed by atoms with Gasteiger partial charge in [-0.05, 0) is 46.5 Å². The topological polar surface area (TPSA) is 84.6 Å². The zero-order valence-corrected chi connectivity index (χ0v) is 17.2. The second-order valence-electron chi connectivity index (χ2n) is 6.63. The first-order valence-electron chi connectivity index (χ1n) is 8.39. The van der Waals surface area contributed by atoms with E-state index in [-0.39, 0.29) is 11.9 Å². The van der Waals surface area contributed by atoms with Crippen LogP contribution in [-0.4, -0.2) is 46.6 Å². The van der Waals surface area contributed by atoms with Crippen LogP contribution in [0.1, 0.15) is 34.6 Å². The quantitative estimate of drug-likeness (QED) is 0.601. The highest BCUT2D eigenvalue weighted by atomic mass is 79.9. The monoisotopic (exact) mass is 448 g/mol. The molecule has 1 aromatic carbocycles. The van der Waals surface area contributed by atoms with Gasteiger partial charge in [0.1, 0.15) is 0 Å². The van der Waals surface area contributed by atoms with Gasteiger partial charge in [0.2, 0.25) is 0 Å². The summed E-state index contributed by atoms with van der Waals surface area (Å²) in [5.74, 6) is -0.195. The molecule has 1 aliphatic rings. The van der Waals surface area contributed by atoms with Crippen LogP contribution < -0.4 is 0 Å². The summed E-state index contributed by atoms with van der Waals surface area (Å²) in [5, 5.41) is 4.33. The third-order valence-electron chi connectivity index (χ3n) is 4.85. The lowest BCUT2D eigenvalue weighted by Gasteiger charge is -2.35. The smallest absolute Gasteiger partial charge is 0.274 e. The van der Waals surface area contributed by atoms with E-state index >= 15 is 0 Å². The van der Waals surface area contributed by atoms with Crippen LogP contribution >= 0.6 is 15.9 Å². The minimum absolute atomic E-state index is 0.195. The summed E-state index contributed by atoms with van der Waals surface area (Å²) in [5.41, 5.74) is 2.57. The minimum Gasteiger partial charge on any atom is -0.330 e. The average molecular weight is 449 g/mol. The number of fused-ring (bicyclic) bond motifs is 2. The molecule has 0 N–H and O–H groups in total. The van der Waals surface area contributed by atoms with Crippen LogP contribution in [0.3, 0.4) is 0 Å². The van der Waals surface area contributed by atoms with Gasteiger partial charge in [0.15, 0.2) is 21.2 Å². The molecule has 7 nitrogen and oxygen atoms in total. The maximum Gasteiger partial charge on any atom is 0.274 e. The number of aromatic nitrogens is 3. The molecule has 0 fully saturated rings. The van der Waals surface area contributed by atoms with Crippen LogP contribution in [0, 0.1) is 0 Å². The minimum atomic E-state index is -3.31. The van der Waals surface area contributed by atoms with E-state index in [4.69, 9.17) is 0 Å². The van der Waals surface area contributed by atoms with Gasteiger partial charge in [0.05, 0.1) is 15.4 Å². The van der Waals surface area contributed by atoms with Gasteiger partial charge in [0, 0.05) is 31.3 Å². The first-order chi connectivity index (χ1) is 12.8. The lowest BCUT2D eigenvalue weighted by Crippen LogP contribution is -2.39. The normalized spacial score (nSPS) is 17.1. The third kappa shape index (κ3) is 3.14. The summed E-state index contributed by atoms with van der Waals surface area (Å²) in [6, 6.07) is 6.66. The molecule has 1 unspecified atom stereocenters. The lowest BCUT2D eigenvalue weighted by molar-refractivity contribution is 0.0670. The van der Waals surface area contributed by atoms with Gasteiger partial charge in [-0.25, -0.2) is 17.9 Å². The van der Waals surface area contributed by atoms with Crippen molar-refractivity contribution in [1.82, 2.24) is 19.5 Å². The van der Waals surface area contributed by atoms with E-state index in [1.807, 2.05) is 13.0 Å². The van der Waals surface area contributed by atoms with E-state index in [2.05, 4.69) is 26.0 Å². The zero-order valence-electron chi connectivity index (χ0n) is 14.8. The summed E-state index contributed by atoms with van der Waals surface area (Å²) in [7, 11) is -3.31. The van der Waals surface area contributed by atoms with E-state index in [0.29, 0.717) is 29.2 Å². The maximum absolute atomic E-state index is 13.0. The molecule has 0 aliphatic carbocycles. The SMILES string of the molecule is CC1c2cccc(S(C)(=O)=O)c2CCN1C(=O)c1cc2ncc(Br)cn2n1. The largest absolute Gasteiger partial charge is 0.330 e. The van der Waals surface area contributed by atoms with Crippen molar-refractivity contribution in [2.45, 2.75) is 24.3 Å². The maximum atomic E-state index is 13.0. The van der Waals surface area contributed by atoms with Crippen molar-refractivity contribution in [3.8, 4) is 0 Å². The standard InChI is InChI=1S/C18H17BrN4O3S/c1-11-13-4-3-5-16(27(2,25)26)14(13)6-7-22(11)18(24)15-8-17-20-9-12(19)10-23(17)21-15/h3-5,8-11H,6-7H2,1-2H3. The molecule has 1 atom stereocenters. The van der Waals surface area contributed by atoms with E-state index in [1.165, 1.54) is 6.26 Å². The Morgan fingerprint density at radius 3 is 2.85 bits per heavy atom. The fourth-order valence-corrected chi connectivity index (χ4v) is 4.86. The van der Waals surface area contributed by atoms with Gasteiger partial charge < -0.3 is 4.90 Å².